The number of aryl methyl sites for hydroxylation is 3. The Bertz CT molecular complexity index is 3320. The van der Waals surface area contributed by atoms with Crippen LogP contribution in [0.15, 0.2) is 232 Å². The molecule has 0 aliphatic rings. The molecule has 0 atom stereocenters. The molecule has 2 aromatic heterocycles. The highest BCUT2D eigenvalue weighted by molar-refractivity contribution is 6.17. The van der Waals surface area contributed by atoms with E-state index in [2.05, 4.69) is 126 Å². The van der Waals surface area contributed by atoms with Crippen LogP contribution in [-0.2, 0) is 0 Å². The van der Waals surface area contributed by atoms with Gasteiger partial charge >= 0.3 is 0 Å². The van der Waals surface area contributed by atoms with Crippen molar-refractivity contribution in [1.29, 1.82) is 0 Å². The summed E-state index contributed by atoms with van der Waals surface area (Å²) < 4.78 is 0. The molecule has 0 N–H and O–H groups in total. The molecule has 0 spiro atoms. The molecule has 0 fully saturated rings. The zero-order valence-corrected chi connectivity index (χ0v) is 38.4. The molecule has 0 unspecified atom stereocenters. The van der Waals surface area contributed by atoms with E-state index in [-0.39, 0.29) is 0 Å². The Morgan fingerprint density at radius 1 is 0.284 bits per heavy atom. The standard InChI is InChI=1S/C61H50N6/c1-41-22-18-32-52(44(41)4)66-60(48-28-14-8-15-29-48)56-36-20-34-54(63-56)58(46-24-10-6-11-25-46)62-50-38-39-51(43(3)40-50)65-59(47-26-12-7-13-27-47)55-35-21-37-57(64-55)61(49-30-16-9-17-31-49)67-53-33-19-23-42(2)45(53)5/h6-40H,1-5H3. The van der Waals surface area contributed by atoms with Crippen molar-refractivity contribution in [3.05, 3.63) is 285 Å². The second kappa shape index (κ2) is 20.1. The first-order valence-electron chi connectivity index (χ1n) is 22.5. The van der Waals surface area contributed by atoms with Crippen molar-refractivity contribution < 1.29 is 0 Å². The van der Waals surface area contributed by atoms with E-state index in [0.29, 0.717) is 0 Å². The second-order valence-electron chi connectivity index (χ2n) is 16.5. The van der Waals surface area contributed by atoms with Crippen LogP contribution in [0.5, 0.6) is 0 Å². The van der Waals surface area contributed by atoms with E-state index in [1.807, 2.05) is 121 Å². The van der Waals surface area contributed by atoms with Crippen LogP contribution >= 0.6 is 0 Å². The molecular weight excluding hydrogens is 817 g/mol. The van der Waals surface area contributed by atoms with Crippen molar-refractivity contribution >= 4 is 45.6 Å². The van der Waals surface area contributed by atoms with Crippen LogP contribution < -0.4 is 0 Å². The van der Waals surface area contributed by atoms with E-state index in [1.54, 1.807) is 0 Å². The summed E-state index contributed by atoms with van der Waals surface area (Å²) in [7, 11) is 0. The maximum Gasteiger partial charge on any atom is 0.0966 e. The molecule has 7 aromatic carbocycles. The van der Waals surface area contributed by atoms with Gasteiger partial charge in [0.15, 0.2) is 0 Å². The summed E-state index contributed by atoms with van der Waals surface area (Å²) in [6, 6.07) is 71.7. The summed E-state index contributed by atoms with van der Waals surface area (Å²) >= 11 is 0. The molecule has 0 saturated heterocycles. The normalized spacial score (nSPS) is 12.3. The number of benzene rings is 7. The van der Waals surface area contributed by atoms with Gasteiger partial charge < -0.3 is 0 Å². The summed E-state index contributed by atoms with van der Waals surface area (Å²) in [4.78, 5) is 31.8. The number of aromatic nitrogens is 2. The summed E-state index contributed by atoms with van der Waals surface area (Å²) in [6.07, 6.45) is 0. The summed E-state index contributed by atoms with van der Waals surface area (Å²) in [5, 5.41) is 0. The van der Waals surface area contributed by atoms with Gasteiger partial charge in [-0.1, -0.05) is 158 Å². The van der Waals surface area contributed by atoms with Crippen LogP contribution in [0.3, 0.4) is 0 Å². The van der Waals surface area contributed by atoms with Gasteiger partial charge in [-0.2, -0.15) is 0 Å². The molecule has 6 nitrogen and oxygen atoms in total. The van der Waals surface area contributed by atoms with Gasteiger partial charge in [-0.15, -0.1) is 0 Å². The lowest BCUT2D eigenvalue weighted by Gasteiger charge is -2.13. The lowest BCUT2D eigenvalue weighted by atomic mass is 10.0. The average molecular weight is 867 g/mol. The molecule has 324 valence electrons. The Morgan fingerprint density at radius 3 is 0.970 bits per heavy atom. The third kappa shape index (κ3) is 10.1. The number of hydrogen-bond acceptors (Lipinski definition) is 6. The number of hydrogen-bond donors (Lipinski definition) is 0. The molecule has 0 amide bonds. The maximum absolute atomic E-state index is 5.36. The molecule has 6 heteroatoms. The molecule has 0 bridgehead atoms. The van der Waals surface area contributed by atoms with Crippen molar-refractivity contribution in [2.45, 2.75) is 34.6 Å². The monoisotopic (exact) mass is 866 g/mol. The minimum absolute atomic E-state index is 0.737. The first kappa shape index (κ1) is 43.8. The second-order valence-corrected chi connectivity index (χ2v) is 16.5. The Kier molecular flexibility index (Phi) is 13.2. The van der Waals surface area contributed by atoms with Crippen molar-refractivity contribution in [2.24, 2.45) is 20.0 Å². The predicted molar refractivity (Wildman–Crippen MR) is 278 cm³/mol. The lowest BCUT2D eigenvalue weighted by Crippen LogP contribution is -2.12. The summed E-state index contributed by atoms with van der Waals surface area (Å²) in [5.41, 5.74) is 19.0. The lowest BCUT2D eigenvalue weighted by molar-refractivity contribution is 1.23. The van der Waals surface area contributed by atoms with Crippen LogP contribution in [0.2, 0.25) is 0 Å². The zero-order valence-electron chi connectivity index (χ0n) is 38.4. The molecule has 67 heavy (non-hydrogen) atoms. The van der Waals surface area contributed by atoms with Crippen molar-refractivity contribution in [1.82, 2.24) is 9.97 Å². The summed E-state index contributed by atoms with van der Waals surface area (Å²) in [5.74, 6) is 0. The number of pyridine rings is 2. The van der Waals surface area contributed by atoms with Gasteiger partial charge in [-0.25, -0.2) is 29.9 Å². The highest BCUT2D eigenvalue weighted by atomic mass is 14.9. The Balaban J connectivity index is 1.12. The largest absolute Gasteiger partial charge is 0.246 e. The van der Waals surface area contributed by atoms with Crippen LogP contribution in [-0.4, -0.2) is 32.8 Å². The van der Waals surface area contributed by atoms with Crippen molar-refractivity contribution in [2.75, 3.05) is 0 Å². The predicted octanol–water partition coefficient (Wildman–Crippen LogP) is 14.7. The van der Waals surface area contributed by atoms with E-state index in [0.717, 1.165) is 107 Å². The molecule has 9 rings (SSSR count). The van der Waals surface area contributed by atoms with Gasteiger partial charge in [0.05, 0.1) is 68.4 Å². The third-order valence-corrected chi connectivity index (χ3v) is 11.9. The molecule has 0 aliphatic carbocycles. The summed E-state index contributed by atoms with van der Waals surface area (Å²) in [6.45, 7) is 10.5. The zero-order chi connectivity index (χ0) is 46.1. The Labute approximate surface area is 393 Å². The number of rotatable bonds is 12. The van der Waals surface area contributed by atoms with Crippen LogP contribution in [0.1, 0.15) is 72.8 Å². The Hall–Kier alpha value is -8.48. The SMILES string of the molecule is Cc1cc(N=C(c2ccccc2)c2cccc(C(=Nc3cccc(C)c3C)c3ccccc3)n2)ccc1N=C(c1ccccc1)c1cccc(C(=Nc2cccc(C)c2C)c2ccccc2)n1. The number of aliphatic imine (C=N–C) groups is 4. The minimum Gasteiger partial charge on any atom is -0.246 e. The fourth-order valence-electron chi connectivity index (χ4n) is 7.90. The van der Waals surface area contributed by atoms with E-state index in [4.69, 9.17) is 29.9 Å². The maximum atomic E-state index is 5.36. The quantitative estimate of drug-likeness (QED) is 0.115. The van der Waals surface area contributed by atoms with Crippen molar-refractivity contribution in [3.63, 3.8) is 0 Å². The molecular formula is C61H50N6. The Morgan fingerprint density at radius 2 is 0.612 bits per heavy atom. The fourth-order valence-corrected chi connectivity index (χ4v) is 7.90. The van der Waals surface area contributed by atoms with E-state index >= 15 is 0 Å². The first-order chi connectivity index (χ1) is 32.8. The molecule has 0 radical (unpaired) electrons. The van der Waals surface area contributed by atoms with E-state index < -0.39 is 0 Å². The highest BCUT2D eigenvalue weighted by Gasteiger charge is 2.18. The van der Waals surface area contributed by atoms with Crippen LogP contribution in [0.4, 0.5) is 22.7 Å². The van der Waals surface area contributed by atoms with Gasteiger partial charge in [-0.3, -0.25) is 0 Å². The molecule has 0 saturated carbocycles. The highest BCUT2D eigenvalue weighted by Crippen LogP contribution is 2.30. The van der Waals surface area contributed by atoms with Gasteiger partial charge in [0.1, 0.15) is 0 Å². The van der Waals surface area contributed by atoms with Crippen LogP contribution in [0, 0.1) is 34.6 Å². The van der Waals surface area contributed by atoms with Crippen molar-refractivity contribution in [3.8, 4) is 0 Å². The minimum atomic E-state index is 0.737. The third-order valence-electron chi connectivity index (χ3n) is 11.9. The van der Waals surface area contributed by atoms with E-state index in [1.165, 1.54) is 11.1 Å². The van der Waals surface area contributed by atoms with Gasteiger partial charge in [-0.05, 0) is 117 Å². The van der Waals surface area contributed by atoms with Gasteiger partial charge in [0, 0.05) is 22.3 Å². The van der Waals surface area contributed by atoms with Gasteiger partial charge in [0.25, 0.3) is 0 Å². The average Bonchev–Trinajstić information content (AvgIpc) is 3.37. The van der Waals surface area contributed by atoms with Crippen LogP contribution in [0.25, 0.3) is 0 Å². The first-order valence-corrected chi connectivity index (χ1v) is 22.5. The molecule has 9 aromatic rings. The fraction of sp³-hybridized carbons (Fsp3) is 0.0820. The number of nitrogens with zero attached hydrogens (tertiary/aromatic N) is 6. The van der Waals surface area contributed by atoms with E-state index in [9.17, 15) is 0 Å². The molecule has 0 aliphatic heterocycles. The molecule has 2 heterocycles. The van der Waals surface area contributed by atoms with Gasteiger partial charge in [0.2, 0.25) is 0 Å². The topological polar surface area (TPSA) is 75.2 Å². The smallest absolute Gasteiger partial charge is 0.0966 e.